The second kappa shape index (κ2) is 4.80. The fraction of sp³-hybridized carbons (Fsp3) is 0.353. The SMILES string of the molecule is Cc1cc(C)c2c(-c3ccc(C=O)o3)nn(C(C)(C)C)c2n1. The summed E-state index contributed by atoms with van der Waals surface area (Å²) in [4.78, 5) is 15.5. The Kier molecular flexibility index (Phi) is 3.16. The van der Waals surface area contributed by atoms with Crippen LogP contribution in [0.4, 0.5) is 0 Å². The molecule has 0 N–H and O–H groups in total. The molecule has 5 heteroatoms. The first-order chi connectivity index (χ1) is 10.3. The predicted octanol–water partition coefficient (Wildman–Crippen LogP) is 3.88. The van der Waals surface area contributed by atoms with E-state index in [1.807, 2.05) is 24.6 Å². The number of carbonyl (C=O) groups is 1. The zero-order chi connectivity index (χ0) is 16.1. The van der Waals surface area contributed by atoms with Crippen LogP contribution in [0, 0.1) is 13.8 Å². The maximum Gasteiger partial charge on any atom is 0.185 e. The fourth-order valence-electron chi connectivity index (χ4n) is 2.64. The standard InChI is InChI=1S/C17H19N3O2/c1-10-8-11(2)18-16-14(10)15(19-20(16)17(3,4)5)13-7-6-12(9-21)22-13/h6-9H,1-5H3. The highest BCUT2D eigenvalue weighted by molar-refractivity contribution is 5.93. The number of fused-ring (bicyclic) bond motifs is 1. The van der Waals surface area contributed by atoms with E-state index in [-0.39, 0.29) is 5.54 Å². The van der Waals surface area contributed by atoms with Crippen LogP contribution in [-0.4, -0.2) is 21.1 Å². The van der Waals surface area contributed by atoms with Crippen LogP contribution in [0.1, 0.15) is 42.6 Å². The van der Waals surface area contributed by atoms with Crippen molar-refractivity contribution in [2.24, 2.45) is 0 Å². The molecule has 0 aliphatic carbocycles. The highest BCUT2D eigenvalue weighted by Gasteiger charge is 2.24. The minimum Gasteiger partial charge on any atom is -0.452 e. The van der Waals surface area contributed by atoms with Gasteiger partial charge in [0.05, 0.1) is 10.9 Å². The molecule has 3 heterocycles. The maximum absolute atomic E-state index is 10.9. The van der Waals surface area contributed by atoms with Crippen molar-refractivity contribution in [1.29, 1.82) is 0 Å². The molecular weight excluding hydrogens is 278 g/mol. The first-order valence-electron chi connectivity index (χ1n) is 7.24. The molecule has 0 spiro atoms. The number of aryl methyl sites for hydroxylation is 2. The molecule has 114 valence electrons. The van der Waals surface area contributed by atoms with E-state index in [2.05, 4.69) is 25.8 Å². The summed E-state index contributed by atoms with van der Waals surface area (Å²) in [7, 11) is 0. The van der Waals surface area contributed by atoms with Gasteiger partial charge in [-0.2, -0.15) is 5.10 Å². The smallest absolute Gasteiger partial charge is 0.185 e. The summed E-state index contributed by atoms with van der Waals surface area (Å²) in [6, 6.07) is 5.46. The lowest BCUT2D eigenvalue weighted by atomic mass is 10.1. The van der Waals surface area contributed by atoms with Gasteiger partial charge < -0.3 is 4.42 Å². The van der Waals surface area contributed by atoms with Gasteiger partial charge in [-0.25, -0.2) is 9.67 Å². The zero-order valence-electron chi connectivity index (χ0n) is 13.5. The van der Waals surface area contributed by atoms with Gasteiger partial charge in [0.1, 0.15) is 5.69 Å². The lowest BCUT2D eigenvalue weighted by Crippen LogP contribution is -2.23. The minimum atomic E-state index is -0.205. The highest BCUT2D eigenvalue weighted by atomic mass is 16.3. The molecule has 3 rings (SSSR count). The van der Waals surface area contributed by atoms with E-state index in [1.165, 1.54) is 0 Å². The van der Waals surface area contributed by atoms with Gasteiger partial charge in [0.15, 0.2) is 23.5 Å². The molecule has 0 saturated carbocycles. The quantitative estimate of drug-likeness (QED) is 0.673. The van der Waals surface area contributed by atoms with Crippen molar-refractivity contribution < 1.29 is 9.21 Å². The summed E-state index contributed by atoms with van der Waals surface area (Å²) < 4.78 is 7.48. The van der Waals surface area contributed by atoms with Crippen LogP contribution in [0.3, 0.4) is 0 Å². The number of furan rings is 1. The third kappa shape index (κ3) is 2.22. The number of rotatable bonds is 2. The molecule has 5 nitrogen and oxygen atoms in total. The molecule has 0 atom stereocenters. The first-order valence-corrected chi connectivity index (χ1v) is 7.24. The van der Waals surface area contributed by atoms with Crippen LogP contribution in [0.25, 0.3) is 22.5 Å². The summed E-state index contributed by atoms with van der Waals surface area (Å²) in [6.45, 7) is 10.3. The molecule has 0 aliphatic rings. The first kappa shape index (κ1) is 14.5. The van der Waals surface area contributed by atoms with Gasteiger partial charge in [-0.05, 0) is 58.4 Å². The third-order valence-corrected chi connectivity index (χ3v) is 3.57. The molecule has 3 aromatic heterocycles. The topological polar surface area (TPSA) is 60.9 Å². The van der Waals surface area contributed by atoms with Crippen LogP contribution in [0.15, 0.2) is 22.6 Å². The molecular formula is C17H19N3O2. The average Bonchev–Trinajstić information content (AvgIpc) is 3.00. The number of aromatic nitrogens is 3. The van der Waals surface area contributed by atoms with Crippen LogP contribution in [-0.2, 0) is 5.54 Å². The van der Waals surface area contributed by atoms with Crippen LogP contribution >= 0.6 is 0 Å². The van der Waals surface area contributed by atoms with Gasteiger partial charge in [0, 0.05) is 5.69 Å². The van der Waals surface area contributed by atoms with Crippen LogP contribution in [0.5, 0.6) is 0 Å². The molecule has 0 saturated heterocycles. The number of pyridine rings is 1. The van der Waals surface area contributed by atoms with Gasteiger partial charge in [-0.15, -0.1) is 0 Å². The molecule has 0 bridgehead atoms. The highest BCUT2D eigenvalue weighted by Crippen LogP contribution is 2.33. The van der Waals surface area contributed by atoms with E-state index < -0.39 is 0 Å². The van der Waals surface area contributed by atoms with Gasteiger partial charge in [0.2, 0.25) is 0 Å². The minimum absolute atomic E-state index is 0.205. The van der Waals surface area contributed by atoms with Gasteiger partial charge in [-0.1, -0.05) is 0 Å². The monoisotopic (exact) mass is 297 g/mol. The largest absolute Gasteiger partial charge is 0.452 e. The van der Waals surface area contributed by atoms with Crippen molar-refractivity contribution in [3.05, 3.63) is 35.2 Å². The molecule has 0 radical (unpaired) electrons. The number of nitrogens with zero attached hydrogens (tertiary/aromatic N) is 3. The number of carbonyl (C=O) groups excluding carboxylic acids is 1. The zero-order valence-corrected chi connectivity index (χ0v) is 13.5. The van der Waals surface area contributed by atoms with Crippen molar-refractivity contribution >= 4 is 17.3 Å². The van der Waals surface area contributed by atoms with Gasteiger partial charge in [-0.3, -0.25) is 4.79 Å². The molecule has 0 aliphatic heterocycles. The summed E-state index contributed by atoms with van der Waals surface area (Å²) in [5.74, 6) is 0.884. The van der Waals surface area contributed by atoms with E-state index in [9.17, 15) is 4.79 Å². The van der Waals surface area contributed by atoms with Crippen molar-refractivity contribution in [3.63, 3.8) is 0 Å². The van der Waals surface area contributed by atoms with Crippen molar-refractivity contribution in [3.8, 4) is 11.5 Å². The fourth-order valence-corrected chi connectivity index (χ4v) is 2.64. The van der Waals surface area contributed by atoms with Crippen molar-refractivity contribution in [1.82, 2.24) is 14.8 Å². The van der Waals surface area contributed by atoms with E-state index in [0.29, 0.717) is 17.8 Å². The third-order valence-electron chi connectivity index (χ3n) is 3.57. The summed E-state index contributed by atoms with van der Waals surface area (Å²) in [6.07, 6.45) is 0.696. The van der Waals surface area contributed by atoms with Crippen LogP contribution < -0.4 is 0 Å². The lowest BCUT2D eigenvalue weighted by Gasteiger charge is -2.19. The lowest BCUT2D eigenvalue weighted by molar-refractivity contribution is 0.110. The Morgan fingerprint density at radius 3 is 2.55 bits per heavy atom. The summed E-state index contributed by atoms with van der Waals surface area (Å²) in [5.41, 5.74) is 3.41. The molecule has 0 unspecified atom stereocenters. The Balaban J connectivity index is 2.37. The average molecular weight is 297 g/mol. The molecule has 0 aromatic carbocycles. The number of aldehydes is 1. The molecule has 22 heavy (non-hydrogen) atoms. The van der Waals surface area contributed by atoms with Gasteiger partial charge >= 0.3 is 0 Å². The van der Waals surface area contributed by atoms with Crippen molar-refractivity contribution in [2.75, 3.05) is 0 Å². The molecule has 0 amide bonds. The Morgan fingerprint density at radius 2 is 1.95 bits per heavy atom. The normalized spacial score (nSPS) is 12.0. The Labute approximate surface area is 129 Å². The number of hydrogen-bond acceptors (Lipinski definition) is 4. The van der Waals surface area contributed by atoms with Crippen molar-refractivity contribution in [2.45, 2.75) is 40.2 Å². The Morgan fingerprint density at radius 1 is 1.23 bits per heavy atom. The van der Waals surface area contributed by atoms with E-state index in [1.54, 1.807) is 12.1 Å². The second-order valence-corrected chi connectivity index (χ2v) is 6.53. The summed E-state index contributed by atoms with van der Waals surface area (Å²) in [5, 5.41) is 5.69. The van der Waals surface area contributed by atoms with E-state index in [0.717, 1.165) is 28.0 Å². The molecule has 3 aromatic rings. The van der Waals surface area contributed by atoms with E-state index in [4.69, 9.17) is 9.52 Å². The predicted molar refractivity (Wildman–Crippen MR) is 85.1 cm³/mol. The van der Waals surface area contributed by atoms with E-state index >= 15 is 0 Å². The maximum atomic E-state index is 10.9. The van der Waals surface area contributed by atoms with Gasteiger partial charge in [0.25, 0.3) is 0 Å². The second-order valence-electron chi connectivity index (χ2n) is 6.53. The Hall–Kier alpha value is -2.43. The summed E-state index contributed by atoms with van der Waals surface area (Å²) >= 11 is 0. The van der Waals surface area contributed by atoms with Crippen LogP contribution in [0.2, 0.25) is 0 Å². The molecule has 0 fully saturated rings. The number of hydrogen-bond donors (Lipinski definition) is 0. The Bertz CT molecular complexity index is 866.